The largest absolute Gasteiger partial charge is 0.494 e. The Morgan fingerprint density at radius 1 is 1.15 bits per heavy atom. The Morgan fingerprint density at radius 3 is 2.70 bits per heavy atom. The summed E-state index contributed by atoms with van der Waals surface area (Å²) in [6, 6.07) is 16.1. The molecular formula is C17H19NOS. The molecule has 0 aromatic heterocycles. The minimum absolute atomic E-state index is 0.669. The molecule has 0 saturated heterocycles. The predicted octanol–water partition coefficient (Wildman–Crippen LogP) is 4.47. The molecule has 2 rings (SSSR count). The van der Waals surface area contributed by atoms with Crippen molar-refractivity contribution < 1.29 is 4.74 Å². The van der Waals surface area contributed by atoms with Crippen LogP contribution in [0.5, 0.6) is 5.75 Å². The van der Waals surface area contributed by atoms with E-state index in [4.69, 9.17) is 10.5 Å². The number of benzene rings is 2. The van der Waals surface area contributed by atoms with Gasteiger partial charge >= 0.3 is 0 Å². The molecule has 0 bridgehead atoms. The maximum Gasteiger partial charge on any atom is 0.120 e. The number of hydrogen-bond acceptors (Lipinski definition) is 3. The second kappa shape index (κ2) is 7.65. The summed E-state index contributed by atoms with van der Waals surface area (Å²) in [5, 5.41) is 0. The Hall–Kier alpha value is -1.87. The average molecular weight is 285 g/mol. The fourth-order valence-corrected chi connectivity index (χ4v) is 2.59. The van der Waals surface area contributed by atoms with Crippen LogP contribution in [0.1, 0.15) is 12.5 Å². The van der Waals surface area contributed by atoms with Crippen LogP contribution in [0.2, 0.25) is 0 Å². The van der Waals surface area contributed by atoms with Crippen LogP contribution in [0.4, 0.5) is 5.69 Å². The molecule has 2 aromatic carbocycles. The van der Waals surface area contributed by atoms with Crippen molar-refractivity contribution in [2.75, 3.05) is 18.1 Å². The van der Waals surface area contributed by atoms with Crippen LogP contribution in [0.3, 0.4) is 0 Å². The van der Waals surface area contributed by atoms with Crippen LogP contribution < -0.4 is 10.5 Å². The summed E-state index contributed by atoms with van der Waals surface area (Å²) in [5.41, 5.74) is 7.99. The third-order valence-corrected chi connectivity index (χ3v) is 3.76. The molecule has 0 aliphatic heterocycles. The first-order chi connectivity index (χ1) is 9.79. The van der Waals surface area contributed by atoms with E-state index in [1.54, 1.807) is 11.8 Å². The second-order valence-corrected chi connectivity index (χ2v) is 5.32. The summed E-state index contributed by atoms with van der Waals surface area (Å²) < 4.78 is 5.49. The molecule has 0 heterocycles. The monoisotopic (exact) mass is 285 g/mol. The van der Waals surface area contributed by atoms with Crippen LogP contribution in [-0.4, -0.2) is 12.4 Å². The zero-order chi connectivity index (χ0) is 14.2. The van der Waals surface area contributed by atoms with Crippen molar-refractivity contribution in [2.24, 2.45) is 0 Å². The van der Waals surface area contributed by atoms with Gasteiger partial charge in [0.25, 0.3) is 0 Å². The molecule has 0 atom stereocenters. The summed E-state index contributed by atoms with van der Waals surface area (Å²) in [6.45, 7) is 2.65. The number of ether oxygens (including phenoxy) is 1. The molecule has 0 aliphatic rings. The van der Waals surface area contributed by atoms with Crippen molar-refractivity contribution in [3.05, 3.63) is 60.2 Å². The summed E-state index contributed by atoms with van der Waals surface area (Å²) in [5.74, 6) is 1.76. The van der Waals surface area contributed by atoms with E-state index in [9.17, 15) is 0 Å². The lowest BCUT2D eigenvalue weighted by Crippen LogP contribution is -1.94. The number of nitrogens with two attached hydrogens (primary N) is 1. The van der Waals surface area contributed by atoms with Gasteiger partial charge in [-0.05, 0) is 30.7 Å². The SMILES string of the molecule is CCOc1ccc(N)c(SCC=Cc2ccccc2)c1. The van der Waals surface area contributed by atoms with Crippen molar-refractivity contribution in [1.29, 1.82) is 0 Å². The number of thioether (sulfide) groups is 1. The first kappa shape index (κ1) is 14.5. The van der Waals surface area contributed by atoms with Crippen molar-refractivity contribution in [3.8, 4) is 5.75 Å². The van der Waals surface area contributed by atoms with Gasteiger partial charge < -0.3 is 10.5 Å². The molecule has 2 N–H and O–H groups in total. The van der Waals surface area contributed by atoms with Gasteiger partial charge in [-0.2, -0.15) is 0 Å². The highest BCUT2D eigenvalue weighted by atomic mass is 32.2. The maximum absolute atomic E-state index is 5.98. The molecule has 0 fully saturated rings. The van der Waals surface area contributed by atoms with Crippen molar-refractivity contribution in [3.63, 3.8) is 0 Å². The Bertz CT molecular complexity index is 566. The van der Waals surface area contributed by atoms with Gasteiger partial charge in [0.2, 0.25) is 0 Å². The van der Waals surface area contributed by atoms with Gasteiger partial charge in [-0.15, -0.1) is 11.8 Å². The van der Waals surface area contributed by atoms with E-state index in [2.05, 4.69) is 24.3 Å². The number of rotatable bonds is 6. The van der Waals surface area contributed by atoms with Gasteiger partial charge in [0, 0.05) is 16.3 Å². The highest BCUT2D eigenvalue weighted by Crippen LogP contribution is 2.29. The molecule has 0 unspecified atom stereocenters. The molecule has 20 heavy (non-hydrogen) atoms. The quantitative estimate of drug-likeness (QED) is 0.628. The standard InChI is InChI=1S/C17H19NOS/c1-2-19-15-10-11-16(18)17(13-15)20-12-6-9-14-7-4-3-5-8-14/h3-11,13H,2,12,18H2,1H3. The number of anilines is 1. The Balaban J connectivity index is 1.93. The minimum atomic E-state index is 0.669. The van der Waals surface area contributed by atoms with Crippen LogP contribution in [0.15, 0.2) is 59.5 Å². The molecule has 0 aliphatic carbocycles. The summed E-state index contributed by atoms with van der Waals surface area (Å²) in [7, 11) is 0. The Kier molecular flexibility index (Phi) is 5.56. The molecular weight excluding hydrogens is 266 g/mol. The third-order valence-electron chi connectivity index (χ3n) is 2.74. The summed E-state index contributed by atoms with van der Waals surface area (Å²) >= 11 is 1.71. The lowest BCUT2D eigenvalue weighted by atomic mass is 10.2. The zero-order valence-electron chi connectivity index (χ0n) is 11.6. The van der Waals surface area contributed by atoms with Gasteiger partial charge in [-0.3, -0.25) is 0 Å². The van der Waals surface area contributed by atoms with Crippen LogP contribution in [0, 0.1) is 0 Å². The van der Waals surface area contributed by atoms with E-state index >= 15 is 0 Å². The van der Waals surface area contributed by atoms with Crippen LogP contribution >= 0.6 is 11.8 Å². The molecule has 0 radical (unpaired) electrons. The predicted molar refractivity (Wildman–Crippen MR) is 88.2 cm³/mol. The third kappa shape index (κ3) is 4.35. The fraction of sp³-hybridized carbons (Fsp3) is 0.176. The van der Waals surface area contributed by atoms with Crippen molar-refractivity contribution >= 4 is 23.5 Å². The van der Waals surface area contributed by atoms with Gasteiger partial charge in [0.1, 0.15) is 5.75 Å². The van der Waals surface area contributed by atoms with Crippen LogP contribution in [-0.2, 0) is 0 Å². The summed E-state index contributed by atoms with van der Waals surface area (Å²) in [4.78, 5) is 1.06. The van der Waals surface area contributed by atoms with E-state index in [1.165, 1.54) is 5.56 Å². The van der Waals surface area contributed by atoms with E-state index in [0.717, 1.165) is 22.1 Å². The normalized spacial score (nSPS) is 10.8. The first-order valence-electron chi connectivity index (χ1n) is 6.66. The molecule has 0 saturated carbocycles. The molecule has 0 amide bonds. The van der Waals surface area contributed by atoms with Crippen molar-refractivity contribution in [2.45, 2.75) is 11.8 Å². The lowest BCUT2D eigenvalue weighted by Gasteiger charge is -2.07. The van der Waals surface area contributed by atoms with E-state index in [1.807, 2.05) is 43.3 Å². The van der Waals surface area contributed by atoms with E-state index < -0.39 is 0 Å². The highest BCUT2D eigenvalue weighted by molar-refractivity contribution is 7.99. The van der Waals surface area contributed by atoms with Crippen molar-refractivity contribution in [1.82, 2.24) is 0 Å². The molecule has 104 valence electrons. The molecule has 2 aromatic rings. The van der Waals surface area contributed by atoms with Crippen LogP contribution in [0.25, 0.3) is 6.08 Å². The Morgan fingerprint density at radius 2 is 1.95 bits per heavy atom. The summed E-state index contributed by atoms with van der Waals surface area (Å²) in [6.07, 6.45) is 4.27. The fourth-order valence-electron chi connectivity index (χ4n) is 1.78. The molecule has 2 nitrogen and oxygen atoms in total. The zero-order valence-corrected chi connectivity index (χ0v) is 12.4. The highest BCUT2D eigenvalue weighted by Gasteiger charge is 2.01. The van der Waals surface area contributed by atoms with Gasteiger partial charge in [-0.1, -0.05) is 42.5 Å². The minimum Gasteiger partial charge on any atom is -0.494 e. The number of hydrogen-bond donors (Lipinski definition) is 1. The van der Waals surface area contributed by atoms with Gasteiger partial charge in [-0.25, -0.2) is 0 Å². The Labute approximate surface area is 124 Å². The van der Waals surface area contributed by atoms with Gasteiger partial charge in [0.05, 0.1) is 6.61 Å². The van der Waals surface area contributed by atoms with E-state index in [0.29, 0.717) is 6.61 Å². The second-order valence-electron chi connectivity index (χ2n) is 4.26. The topological polar surface area (TPSA) is 35.2 Å². The average Bonchev–Trinajstić information content (AvgIpc) is 2.48. The smallest absolute Gasteiger partial charge is 0.120 e. The molecule has 3 heteroatoms. The number of nitrogen functional groups attached to an aromatic ring is 1. The molecule has 0 spiro atoms. The first-order valence-corrected chi connectivity index (χ1v) is 7.65. The lowest BCUT2D eigenvalue weighted by molar-refractivity contribution is 0.339. The van der Waals surface area contributed by atoms with Gasteiger partial charge in [0.15, 0.2) is 0 Å². The maximum atomic E-state index is 5.98. The van der Waals surface area contributed by atoms with E-state index in [-0.39, 0.29) is 0 Å².